The molecule has 0 aromatic carbocycles. The van der Waals surface area contributed by atoms with Crippen LogP contribution in [0.15, 0.2) is 10.6 Å². The average molecular weight is 386 g/mol. The van der Waals surface area contributed by atoms with Gasteiger partial charge in [0.2, 0.25) is 11.7 Å². The minimum Gasteiger partial charge on any atom is -0.353 e. The van der Waals surface area contributed by atoms with Gasteiger partial charge in [-0.3, -0.25) is 14.5 Å². The van der Waals surface area contributed by atoms with E-state index in [-0.39, 0.29) is 17.7 Å². The summed E-state index contributed by atoms with van der Waals surface area (Å²) >= 11 is 0. The maximum absolute atomic E-state index is 12.7. The molecular weight excluding hydrogens is 356 g/mol. The number of carbonyl (C=O) groups excluding carboxylic acids is 2. The zero-order chi connectivity index (χ0) is 19.1. The third-order valence-electron chi connectivity index (χ3n) is 6.75. The van der Waals surface area contributed by atoms with Gasteiger partial charge in [-0.1, -0.05) is 5.16 Å². The highest BCUT2D eigenvalue weighted by Gasteiger charge is 2.35. The summed E-state index contributed by atoms with van der Waals surface area (Å²) in [6.07, 6.45) is 8.61. The number of carbonyl (C=O) groups is 2. The molecule has 2 amide bonds. The number of rotatable bonds is 5. The van der Waals surface area contributed by atoms with E-state index in [0.29, 0.717) is 23.8 Å². The second-order valence-corrected chi connectivity index (χ2v) is 9.03. The fourth-order valence-electron chi connectivity index (χ4n) is 4.65. The standard InChI is InChI=1S/C21H30N4O3/c26-20(22-16-5-6-16)15-2-1-9-25(13-15)17-7-10-24(11-8-17)21(27)19-12-18(23-28-19)14-3-4-14/h12,14-17H,1-11,13H2,(H,22,26)/t15-/m1/s1. The Hall–Kier alpha value is -1.89. The summed E-state index contributed by atoms with van der Waals surface area (Å²) in [6.45, 7) is 3.43. The molecule has 152 valence electrons. The minimum absolute atomic E-state index is 0.0295. The number of hydrogen-bond acceptors (Lipinski definition) is 5. The summed E-state index contributed by atoms with van der Waals surface area (Å²) in [5, 5.41) is 7.23. The number of hydrogen-bond donors (Lipinski definition) is 1. The van der Waals surface area contributed by atoms with Gasteiger partial charge in [-0.2, -0.15) is 0 Å². The molecule has 0 spiro atoms. The molecule has 2 saturated carbocycles. The van der Waals surface area contributed by atoms with Crippen molar-refractivity contribution < 1.29 is 14.1 Å². The van der Waals surface area contributed by atoms with Gasteiger partial charge in [-0.15, -0.1) is 0 Å². The van der Waals surface area contributed by atoms with E-state index in [4.69, 9.17) is 4.52 Å². The molecule has 4 fully saturated rings. The summed E-state index contributed by atoms with van der Waals surface area (Å²) < 4.78 is 5.31. The van der Waals surface area contributed by atoms with Crippen LogP contribution in [0.4, 0.5) is 0 Å². The van der Waals surface area contributed by atoms with Crippen LogP contribution in [0.1, 0.15) is 73.5 Å². The van der Waals surface area contributed by atoms with Gasteiger partial charge in [0.25, 0.3) is 5.91 Å². The molecule has 7 heteroatoms. The first-order chi connectivity index (χ1) is 13.7. The molecular formula is C21H30N4O3. The minimum atomic E-state index is -0.0295. The molecule has 0 bridgehead atoms. The van der Waals surface area contributed by atoms with E-state index in [0.717, 1.165) is 83.2 Å². The Morgan fingerprint density at radius 2 is 1.82 bits per heavy atom. The van der Waals surface area contributed by atoms with Crippen LogP contribution in [0.3, 0.4) is 0 Å². The van der Waals surface area contributed by atoms with Crippen molar-refractivity contribution in [2.75, 3.05) is 26.2 Å². The summed E-state index contributed by atoms with van der Waals surface area (Å²) in [5.41, 5.74) is 0.932. The summed E-state index contributed by atoms with van der Waals surface area (Å²) in [5.74, 6) is 1.23. The zero-order valence-electron chi connectivity index (χ0n) is 16.4. The van der Waals surface area contributed by atoms with E-state index in [1.54, 1.807) is 0 Å². The molecule has 7 nitrogen and oxygen atoms in total. The van der Waals surface area contributed by atoms with Crippen LogP contribution in [0.2, 0.25) is 0 Å². The van der Waals surface area contributed by atoms with Crippen LogP contribution in [-0.2, 0) is 4.79 Å². The number of likely N-dealkylation sites (tertiary alicyclic amines) is 2. The second kappa shape index (κ2) is 7.50. The first-order valence-corrected chi connectivity index (χ1v) is 11.0. The Morgan fingerprint density at radius 1 is 1.04 bits per heavy atom. The van der Waals surface area contributed by atoms with Crippen LogP contribution >= 0.6 is 0 Å². The van der Waals surface area contributed by atoms with Crippen molar-refractivity contribution in [3.8, 4) is 0 Å². The Labute approximate surface area is 165 Å². The van der Waals surface area contributed by atoms with Gasteiger partial charge < -0.3 is 14.7 Å². The number of piperidine rings is 2. The number of nitrogens with zero attached hydrogens (tertiary/aromatic N) is 3. The van der Waals surface area contributed by atoms with Gasteiger partial charge in [-0.05, 0) is 57.9 Å². The fraction of sp³-hybridized carbons (Fsp3) is 0.762. The van der Waals surface area contributed by atoms with Gasteiger partial charge in [-0.25, -0.2) is 0 Å². The Kier molecular flexibility index (Phi) is 4.87. The fourth-order valence-corrected chi connectivity index (χ4v) is 4.65. The van der Waals surface area contributed by atoms with E-state index >= 15 is 0 Å². The molecule has 1 N–H and O–H groups in total. The van der Waals surface area contributed by atoms with Crippen molar-refractivity contribution in [3.63, 3.8) is 0 Å². The lowest BCUT2D eigenvalue weighted by atomic mass is 9.93. The second-order valence-electron chi connectivity index (χ2n) is 9.03. The van der Waals surface area contributed by atoms with Gasteiger partial charge in [0.15, 0.2) is 0 Å². The largest absolute Gasteiger partial charge is 0.353 e. The molecule has 2 aliphatic heterocycles. The number of amides is 2. The molecule has 5 rings (SSSR count). The highest BCUT2D eigenvalue weighted by molar-refractivity contribution is 5.91. The number of aromatic nitrogens is 1. The van der Waals surface area contributed by atoms with Crippen LogP contribution < -0.4 is 5.32 Å². The predicted molar refractivity (Wildman–Crippen MR) is 103 cm³/mol. The third kappa shape index (κ3) is 3.95. The Balaban J connectivity index is 1.12. The van der Waals surface area contributed by atoms with E-state index in [1.807, 2.05) is 11.0 Å². The summed E-state index contributed by atoms with van der Waals surface area (Å²) in [4.78, 5) is 29.5. The van der Waals surface area contributed by atoms with E-state index in [1.165, 1.54) is 0 Å². The van der Waals surface area contributed by atoms with Crippen LogP contribution in [0.25, 0.3) is 0 Å². The predicted octanol–water partition coefficient (Wildman–Crippen LogP) is 2.15. The quantitative estimate of drug-likeness (QED) is 0.839. The SMILES string of the molecule is O=C(NC1CC1)[C@@H]1CCCN(C2CCN(C(=O)c3cc(C4CC4)no3)CC2)C1. The molecule has 1 aromatic rings. The van der Waals surface area contributed by atoms with Crippen molar-refractivity contribution in [1.29, 1.82) is 0 Å². The molecule has 2 aliphatic carbocycles. The first-order valence-electron chi connectivity index (χ1n) is 11.0. The van der Waals surface area contributed by atoms with Gasteiger partial charge in [0.05, 0.1) is 11.6 Å². The van der Waals surface area contributed by atoms with Crippen molar-refractivity contribution in [1.82, 2.24) is 20.3 Å². The molecule has 28 heavy (non-hydrogen) atoms. The van der Waals surface area contributed by atoms with Crippen LogP contribution in [0, 0.1) is 5.92 Å². The van der Waals surface area contributed by atoms with Crippen LogP contribution in [0.5, 0.6) is 0 Å². The van der Waals surface area contributed by atoms with Crippen molar-refractivity contribution in [2.24, 2.45) is 5.92 Å². The van der Waals surface area contributed by atoms with Gasteiger partial charge in [0.1, 0.15) is 0 Å². The lowest BCUT2D eigenvalue weighted by Gasteiger charge is -2.41. The molecule has 1 atom stereocenters. The first kappa shape index (κ1) is 18.2. The summed E-state index contributed by atoms with van der Waals surface area (Å²) in [7, 11) is 0. The maximum atomic E-state index is 12.7. The molecule has 0 radical (unpaired) electrons. The van der Waals surface area contributed by atoms with E-state index < -0.39 is 0 Å². The molecule has 0 unspecified atom stereocenters. The molecule has 3 heterocycles. The zero-order valence-corrected chi connectivity index (χ0v) is 16.4. The highest BCUT2D eigenvalue weighted by Crippen LogP contribution is 2.39. The van der Waals surface area contributed by atoms with Gasteiger partial charge >= 0.3 is 0 Å². The van der Waals surface area contributed by atoms with E-state index in [2.05, 4.69) is 15.4 Å². The Morgan fingerprint density at radius 3 is 2.54 bits per heavy atom. The van der Waals surface area contributed by atoms with Crippen molar-refractivity contribution in [2.45, 2.75) is 69.4 Å². The average Bonchev–Trinajstić information content (AvgIpc) is 3.68. The molecule has 1 aromatic heterocycles. The third-order valence-corrected chi connectivity index (χ3v) is 6.75. The Bertz CT molecular complexity index is 732. The topological polar surface area (TPSA) is 78.7 Å². The normalized spacial score (nSPS) is 27.0. The lowest BCUT2D eigenvalue weighted by molar-refractivity contribution is -0.127. The van der Waals surface area contributed by atoms with Gasteiger partial charge in [0, 0.05) is 43.7 Å². The maximum Gasteiger partial charge on any atom is 0.292 e. The van der Waals surface area contributed by atoms with Crippen molar-refractivity contribution in [3.05, 3.63) is 17.5 Å². The van der Waals surface area contributed by atoms with E-state index in [9.17, 15) is 9.59 Å². The summed E-state index contributed by atoms with van der Waals surface area (Å²) in [6, 6.07) is 2.74. The smallest absolute Gasteiger partial charge is 0.292 e. The molecule has 2 saturated heterocycles. The highest BCUT2D eigenvalue weighted by atomic mass is 16.5. The van der Waals surface area contributed by atoms with Crippen LogP contribution in [-0.4, -0.2) is 65.0 Å². The lowest BCUT2D eigenvalue weighted by Crippen LogP contribution is -2.51. The number of nitrogens with one attached hydrogen (secondary N) is 1. The monoisotopic (exact) mass is 386 g/mol. The van der Waals surface area contributed by atoms with Crippen molar-refractivity contribution >= 4 is 11.8 Å². The molecule has 4 aliphatic rings.